The Bertz CT molecular complexity index is 1000. The normalized spacial score (nSPS) is 12.0. The van der Waals surface area contributed by atoms with E-state index in [1.54, 1.807) is 49.6 Å². The number of benzene rings is 2. The van der Waals surface area contributed by atoms with Gasteiger partial charge in [0.2, 0.25) is 5.91 Å². The quantitative estimate of drug-likeness (QED) is 0.624. The van der Waals surface area contributed by atoms with Gasteiger partial charge in [-0.2, -0.15) is 0 Å². The molecule has 2 N–H and O–H groups in total. The highest BCUT2D eigenvalue weighted by Crippen LogP contribution is 2.28. The van der Waals surface area contributed by atoms with E-state index < -0.39 is 6.04 Å². The first-order valence-electron chi connectivity index (χ1n) is 8.69. The molecule has 3 rings (SSSR count). The maximum atomic E-state index is 12.8. The molecule has 0 aliphatic carbocycles. The van der Waals surface area contributed by atoms with Crippen molar-refractivity contribution in [2.75, 3.05) is 12.4 Å². The molecular weight excluding hydrogens is 398 g/mol. The third-order valence-corrected chi connectivity index (χ3v) is 5.34. The van der Waals surface area contributed by atoms with E-state index in [1.807, 2.05) is 13.8 Å². The SMILES string of the molecule is COc1ccc(C(=O)N[C@H](C(=O)Nc2nc3ccc(Cl)cc3s2)C(C)C)cc1. The molecule has 8 heteroatoms. The van der Waals surface area contributed by atoms with Crippen molar-refractivity contribution >= 4 is 50.1 Å². The van der Waals surface area contributed by atoms with E-state index in [2.05, 4.69) is 15.6 Å². The fourth-order valence-corrected chi connectivity index (χ4v) is 3.78. The molecule has 0 saturated heterocycles. The Labute approximate surface area is 171 Å². The Morgan fingerprint density at radius 2 is 1.86 bits per heavy atom. The van der Waals surface area contributed by atoms with Crippen LogP contribution in [-0.2, 0) is 4.79 Å². The summed E-state index contributed by atoms with van der Waals surface area (Å²) >= 11 is 7.33. The first kappa shape index (κ1) is 20.1. The second kappa shape index (κ2) is 8.58. The molecule has 0 bridgehead atoms. The molecule has 0 aliphatic rings. The van der Waals surface area contributed by atoms with Gasteiger partial charge in [0.15, 0.2) is 5.13 Å². The number of thiazole rings is 1. The van der Waals surface area contributed by atoms with E-state index >= 15 is 0 Å². The molecule has 2 aromatic carbocycles. The van der Waals surface area contributed by atoms with E-state index in [9.17, 15) is 9.59 Å². The maximum absolute atomic E-state index is 12.8. The van der Waals surface area contributed by atoms with Crippen molar-refractivity contribution in [2.24, 2.45) is 5.92 Å². The zero-order valence-electron chi connectivity index (χ0n) is 15.7. The van der Waals surface area contributed by atoms with Crippen molar-refractivity contribution < 1.29 is 14.3 Å². The number of carbonyl (C=O) groups excluding carboxylic acids is 2. The number of carbonyl (C=O) groups is 2. The largest absolute Gasteiger partial charge is 0.497 e. The summed E-state index contributed by atoms with van der Waals surface area (Å²) in [4.78, 5) is 29.7. The summed E-state index contributed by atoms with van der Waals surface area (Å²) in [7, 11) is 1.56. The summed E-state index contributed by atoms with van der Waals surface area (Å²) in [6.45, 7) is 3.74. The molecule has 0 saturated carbocycles. The lowest BCUT2D eigenvalue weighted by atomic mass is 10.0. The third-order valence-electron chi connectivity index (χ3n) is 4.17. The average Bonchev–Trinajstić information content (AvgIpc) is 3.06. The molecule has 146 valence electrons. The number of hydrogen-bond acceptors (Lipinski definition) is 5. The van der Waals surface area contributed by atoms with Gasteiger partial charge in [-0.15, -0.1) is 0 Å². The van der Waals surface area contributed by atoms with Gasteiger partial charge in [-0.05, 0) is 48.4 Å². The van der Waals surface area contributed by atoms with Gasteiger partial charge in [-0.1, -0.05) is 36.8 Å². The van der Waals surface area contributed by atoms with Gasteiger partial charge in [0.05, 0.1) is 17.3 Å². The van der Waals surface area contributed by atoms with Crippen molar-refractivity contribution in [3.63, 3.8) is 0 Å². The molecule has 1 aromatic heterocycles. The number of ether oxygens (including phenoxy) is 1. The smallest absolute Gasteiger partial charge is 0.251 e. The van der Waals surface area contributed by atoms with Crippen LogP contribution in [0.15, 0.2) is 42.5 Å². The van der Waals surface area contributed by atoms with Crippen molar-refractivity contribution in [3.8, 4) is 5.75 Å². The predicted molar refractivity (Wildman–Crippen MR) is 112 cm³/mol. The summed E-state index contributed by atoms with van der Waals surface area (Å²) in [5.74, 6) is -0.0914. The van der Waals surface area contributed by atoms with Crippen molar-refractivity contribution in [2.45, 2.75) is 19.9 Å². The first-order valence-corrected chi connectivity index (χ1v) is 9.88. The number of rotatable bonds is 6. The molecule has 1 heterocycles. The van der Waals surface area contributed by atoms with Crippen LogP contribution in [0.3, 0.4) is 0 Å². The molecule has 6 nitrogen and oxygen atoms in total. The highest BCUT2D eigenvalue weighted by Gasteiger charge is 2.25. The van der Waals surface area contributed by atoms with Crippen LogP contribution in [0.2, 0.25) is 5.02 Å². The van der Waals surface area contributed by atoms with E-state index in [0.717, 1.165) is 10.2 Å². The van der Waals surface area contributed by atoms with E-state index in [1.165, 1.54) is 11.3 Å². The average molecular weight is 418 g/mol. The van der Waals surface area contributed by atoms with Gasteiger partial charge in [-0.25, -0.2) is 4.98 Å². The van der Waals surface area contributed by atoms with Crippen molar-refractivity contribution in [1.29, 1.82) is 0 Å². The number of hydrogen-bond donors (Lipinski definition) is 2. The Hall–Kier alpha value is -2.64. The number of amides is 2. The number of aromatic nitrogens is 1. The monoisotopic (exact) mass is 417 g/mol. The number of nitrogens with zero attached hydrogens (tertiary/aromatic N) is 1. The molecule has 0 aliphatic heterocycles. The molecule has 28 heavy (non-hydrogen) atoms. The number of anilines is 1. The van der Waals surface area contributed by atoms with E-state index in [4.69, 9.17) is 16.3 Å². The van der Waals surface area contributed by atoms with E-state index in [-0.39, 0.29) is 17.7 Å². The number of halogens is 1. The third kappa shape index (κ3) is 4.61. The van der Waals surface area contributed by atoms with Crippen molar-refractivity contribution in [1.82, 2.24) is 10.3 Å². The van der Waals surface area contributed by atoms with Gasteiger partial charge in [0, 0.05) is 10.6 Å². The van der Waals surface area contributed by atoms with Crippen LogP contribution in [0.5, 0.6) is 5.75 Å². The Morgan fingerprint density at radius 3 is 2.50 bits per heavy atom. The minimum absolute atomic E-state index is 0.106. The molecule has 2 amide bonds. The highest BCUT2D eigenvalue weighted by atomic mass is 35.5. The van der Waals surface area contributed by atoms with Crippen molar-refractivity contribution in [3.05, 3.63) is 53.1 Å². The summed E-state index contributed by atoms with van der Waals surface area (Å²) < 4.78 is 5.98. The van der Waals surface area contributed by atoms with Crippen LogP contribution in [0, 0.1) is 5.92 Å². The minimum atomic E-state index is -0.704. The Kier molecular flexibility index (Phi) is 6.16. The maximum Gasteiger partial charge on any atom is 0.251 e. The van der Waals surface area contributed by atoms with Crippen LogP contribution in [0.1, 0.15) is 24.2 Å². The van der Waals surface area contributed by atoms with Gasteiger partial charge in [0.25, 0.3) is 5.91 Å². The van der Waals surface area contributed by atoms with Crippen LogP contribution in [0.25, 0.3) is 10.2 Å². The lowest BCUT2D eigenvalue weighted by Crippen LogP contribution is -2.47. The number of methoxy groups -OCH3 is 1. The highest BCUT2D eigenvalue weighted by molar-refractivity contribution is 7.22. The van der Waals surface area contributed by atoms with Gasteiger partial charge >= 0.3 is 0 Å². The van der Waals surface area contributed by atoms with Crippen LogP contribution in [-0.4, -0.2) is 29.9 Å². The summed E-state index contributed by atoms with van der Waals surface area (Å²) in [5, 5.41) is 6.67. The molecule has 0 spiro atoms. The predicted octanol–water partition coefficient (Wildman–Crippen LogP) is 4.35. The lowest BCUT2D eigenvalue weighted by Gasteiger charge is -2.21. The molecule has 0 unspecified atom stereocenters. The second-order valence-corrected chi connectivity index (χ2v) is 8.01. The Balaban J connectivity index is 1.72. The lowest BCUT2D eigenvalue weighted by molar-refractivity contribution is -0.118. The van der Waals surface area contributed by atoms with Gasteiger partial charge in [-0.3, -0.25) is 9.59 Å². The second-order valence-electron chi connectivity index (χ2n) is 6.54. The zero-order valence-corrected chi connectivity index (χ0v) is 17.2. The molecular formula is C20H20ClN3O3S. The minimum Gasteiger partial charge on any atom is -0.497 e. The van der Waals surface area contributed by atoms with Gasteiger partial charge in [0.1, 0.15) is 11.8 Å². The van der Waals surface area contributed by atoms with Crippen LogP contribution < -0.4 is 15.4 Å². The van der Waals surface area contributed by atoms with Crippen LogP contribution in [0.4, 0.5) is 5.13 Å². The first-order chi connectivity index (χ1) is 13.4. The molecule has 0 radical (unpaired) electrons. The summed E-state index contributed by atoms with van der Waals surface area (Å²) in [6, 6.07) is 11.4. The molecule has 0 fully saturated rings. The summed E-state index contributed by atoms with van der Waals surface area (Å²) in [6.07, 6.45) is 0. The number of nitrogens with one attached hydrogen (secondary N) is 2. The number of fused-ring (bicyclic) bond motifs is 1. The topological polar surface area (TPSA) is 80.3 Å². The summed E-state index contributed by atoms with van der Waals surface area (Å²) in [5.41, 5.74) is 1.21. The standard InChI is InChI=1S/C20H20ClN3O3S/c1-11(2)17(23-18(25)12-4-7-14(27-3)8-5-12)19(26)24-20-22-15-9-6-13(21)10-16(15)28-20/h4-11,17H,1-3H3,(H,23,25)(H,22,24,26)/t17-/m0/s1. The van der Waals surface area contributed by atoms with Crippen LogP contribution >= 0.6 is 22.9 Å². The Morgan fingerprint density at radius 1 is 1.14 bits per heavy atom. The fourth-order valence-electron chi connectivity index (χ4n) is 2.64. The molecule has 3 aromatic rings. The zero-order chi connectivity index (χ0) is 20.3. The molecule has 1 atom stereocenters. The van der Waals surface area contributed by atoms with Gasteiger partial charge < -0.3 is 15.4 Å². The fraction of sp³-hybridized carbons (Fsp3) is 0.250. The van der Waals surface area contributed by atoms with E-state index in [0.29, 0.717) is 21.5 Å².